The number of amides is 2. The Morgan fingerprint density at radius 2 is 1.90 bits per heavy atom. The van der Waals surface area contributed by atoms with Crippen LogP contribution in [-0.4, -0.2) is 35.1 Å². The largest absolute Gasteiger partial charge is 0.478 e. The first-order valence-electron chi connectivity index (χ1n) is 7.10. The molecule has 0 fully saturated rings. The summed E-state index contributed by atoms with van der Waals surface area (Å²) < 4.78 is 0. The van der Waals surface area contributed by atoms with Crippen LogP contribution in [0.1, 0.15) is 43.1 Å². The Kier molecular flexibility index (Phi) is 5.76. The molecular weight excluding hydrogens is 268 g/mol. The predicted octanol–water partition coefficient (Wildman–Crippen LogP) is 3.59. The molecule has 0 spiro atoms. The number of nitrogens with one attached hydrogen (secondary N) is 1. The zero-order chi connectivity index (χ0) is 16.2. The van der Waals surface area contributed by atoms with Crippen molar-refractivity contribution in [2.45, 2.75) is 40.2 Å². The first-order valence-corrected chi connectivity index (χ1v) is 7.10. The molecule has 0 saturated heterocycles. The molecule has 0 aliphatic heterocycles. The van der Waals surface area contributed by atoms with Crippen molar-refractivity contribution in [3.05, 3.63) is 29.3 Å². The van der Waals surface area contributed by atoms with Gasteiger partial charge in [0, 0.05) is 18.8 Å². The number of anilines is 1. The number of carboxylic acids is 1. The maximum Gasteiger partial charge on any atom is 0.335 e. The monoisotopic (exact) mass is 292 g/mol. The van der Waals surface area contributed by atoms with E-state index in [0.717, 1.165) is 6.42 Å². The van der Waals surface area contributed by atoms with E-state index in [-0.39, 0.29) is 17.6 Å². The van der Waals surface area contributed by atoms with E-state index in [4.69, 9.17) is 5.11 Å². The molecule has 2 amide bonds. The van der Waals surface area contributed by atoms with Gasteiger partial charge < -0.3 is 15.3 Å². The van der Waals surface area contributed by atoms with Gasteiger partial charge in [-0.25, -0.2) is 9.59 Å². The van der Waals surface area contributed by atoms with Crippen LogP contribution in [0.5, 0.6) is 0 Å². The number of carbonyl (C=O) groups is 2. The van der Waals surface area contributed by atoms with Crippen molar-refractivity contribution in [3.8, 4) is 0 Å². The molecule has 0 bridgehead atoms. The van der Waals surface area contributed by atoms with Gasteiger partial charge >= 0.3 is 12.0 Å². The quantitative estimate of drug-likeness (QED) is 0.871. The minimum absolute atomic E-state index is 0.143. The molecule has 1 rings (SSSR count). The fourth-order valence-electron chi connectivity index (χ4n) is 2.23. The van der Waals surface area contributed by atoms with Gasteiger partial charge in [0.1, 0.15) is 0 Å². The van der Waals surface area contributed by atoms with Crippen LogP contribution in [0, 0.1) is 12.8 Å². The highest BCUT2D eigenvalue weighted by Gasteiger charge is 2.17. The SMILES string of the molecule is Cc1cc(NC(=O)N(C)C(C)CC(C)C)ccc1C(=O)O. The van der Waals surface area contributed by atoms with Crippen molar-refractivity contribution in [1.82, 2.24) is 4.90 Å². The van der Waals surface area contributed by atoms with Crippen molar-refractivity contribution < 1.29 is 14.7 Å². The lowest BCUT2D eigenvalue weighted by atomic mass is 10.0. The number of urea groups is 1. The van der Waals surface area contributed by atoms with Gasteiger partial charge in [-0.2, -0.15) is 0 Å². The molecule has 21 heavy (non-hydrogen) atoms. The Bertz CT molecular complexity index is 526. The Balaban J connectivity index is 2.75. The van der Waals surface area contributed by atoms with Crippen LogP contribution in [0.25, 0.3) is 0 Å². The smallest absolute Gasteiger partial charge is 0.335 e. The minimum Gasteiger partial charge on any atom is -0.478 e. The fraction of sp³-hybridized carbons (Fsp3) is 0.500. The number of carboxylic acid groups (broad SMARTS) is 1. The molecular formula is C16H24N2O3. The average Bonchev–Trinajstić information content (AvgIpc) is 2.36. The van der Waals surface area contributed by atoms with E-state index in [1.807, 2.05) is 6.92 Å². The Morgan fingerprint density at radius 1 is 1.29 bits per heavy atom. The number of rotatable bonds is 5. The molecule has 1 aromatic rings. The highest BCUT2D eigenvalue weighted by atomic mass is 16.4. The molecule has 1 aromatic carbocycles. The lowest BCUT2D eigenvalue weighted by molar-refractivity contribution is 0.0696. The van der Waals surface area contributed by atoms with Crippen LogP contribution in [0.15, 0.2) is 18.2 Å². The number of hydrogen-bond donors (Lipinski definition) is 2. The molecule has 1 atom stereocenters. The third-order valence-corrected chi connectivity index (χ3v) is 3.50. The lowest BCUT2D eigenvalue weighted by Crippen LogP contribution is -2.38. The number of hydrogen-bond acceptors (Lipinski definition) is 2. The van der Waals surface area contributed by atoms with Gasteiger partial charge in [0.15, 0.2) is 0 Å². The number of aromatic carboxylic acids is 1. The van der Waals surface area contributed by atoms with Gasteiger partial charge in [0.05, 0.1) is 5.56 Å². The van der Waals surface area contributed by atoms with Crippen molar-refractivity contribution in [1.29, 1.82) is 0 Å². The first-order chi connectivity index (χ1) is 9.72. The van der Waals surface area contributed by atoms with E-state index < -0.39 is 5.97 Å². The maximum absolute atomic E-state index is 12.2. The van der Waals surface area contributed by atoms with Crippen LogP contribution < -0.4 is 5.32 Å². The molecule has 0 heterocycles. The second-order valence-electron chi connectivity index (χ2n) is 5.85. The highest BCUT2D eigenvalue weighted by molar-refractivity contribution is 5.92. The number of nitrogens with zero attached hydrogens (tertiary/aromatic N) is 1. The van der Waals surface area contributed by atoms with Gasteiger partial charge in [-0.1, -0.05) is 13.8 Å². The van der Waals surface area contributed by atoms with Gasteiger partial charge in [-0.05, 0) is 49.9 Å². The second kappa shape index (κ2) is 7.11. The van der Waals surface area contributed by atoms with Crippen LogP contribution in [-0.2, 0) is 0 Å². The normalized spacial score (nSPS) is 12.1. The Labute approximate surface area is 126 Å². The Morgan fingerprint density at radius 3 is 2.38 bits per heavy atom. The topological polar surface area (TPSA) is 69.6 Å². The maximum atomic E-state index is 12.2. The first kappa shape index (κ1) is 17.0. The summed E-state index contributed by atoms with van der Waals surface area (Å²) in [5.74, 6) is -0.444. The van der Waals surface area contributed by atoms with Crippen molar-refractivity contribution >= 4 is 17.7 Å². The van der Waals surface area contributed by atoms with E-state index in [1.54, 1.807) is 31.0 Å². The summed E-state index contributed by atoms with van der Waals surface area (Å²) in [6.45, 7) is 7.97. The molecule has 116 valence electrons. The average molecular weight is 292 g/mol. The van der Waals surface area contributed by atoms with E-state index in [1.165, 1.54) is 6.07 Å². The molecule has 1 unspecified atom stereocenters. The van der Waals surface area contributed by atoms with Gasteiger partial charge in [-0.15, -0.1) is 0 Å². The summed E-state index contributed by atoms with van der Waals surface area (Å²) in [5, 5.41) is 11.8. The number of carbonyl (C=O) groups excluding carboxylic acids is 1. The molecule has 2 N–H and O–H groups in total. The van der Waals surface area contributed by atoms with Gasteiger partial charge in [0.25, 0.3) is 0 Å². The summed E-state index contributed by atoms with van der Waals surface area (Å²) in [4.78, 5) is 24.8. The molecule has 0 aliphatic rings. The van der Waals surface area contributed by atoms with E-state index in [2.05, 4.69) is 19.2 Å². The summed E-state index contributed by atoms with van der Waals surface area (Å²) >= 11 is 0. The summed E-state index contributed by atoms with van der Waals surface area (Å²) in [6, 6.07) is 4.73. The molecule has 0 radical (unpaired) electrons. The van der Waals surface area contributed by atoms with E-state index in [0.29, 0.717) is 17.2 Å². The summed E-state index contributed by atoms with van der Waals surface area (Å²) in [7, 11) is 1.76. The second-order valence-corrected chi connectivity index (χ2v) is 5.85. The Hall–Kier alpha value is -2.04. The third kappa shape index (κ3) is 4.77. The molecule has 0 aliphatic carbocycles. The zero-order valence-electron chi connectivity index (χ0n) is 13.3. The van der Waals surface area contributed by atoms with Crippen molar-refractivity contribution in [3.63, 3.8) is 0 Å². The van der Waals surface area contributed by atoms with Gasteiger partial charge in [-0.3, -0.25) is 0 Å². The van der Waals surface area contributed by atoms with Crippen molar-refractivity contribution in [2.24, 2.45) is 5.92 Å². The van der Waals surface area contributed by atoms with Gasteiger partial charge in [0.2, 0.25) is 0 Å². The highest BCUT2D eigenvalue weighted by Crippen LogP contribution is 2.17. The van der Waals surface area contributed by atoms with Crippen LogP contribution in [0.3, 0.4) is 0 Å². The molecule has 5 heteroatoms. The molecule has 0 aromatic heterocycles. The minimum atomic E-state index is -0.965. The number of benzene rings is 1. The van der Waals surface area contributed by atoms with E-state index in [9.17, 15) is 9.59 Å². The molecule has 0 saturated carbocycles. The summed E-state index contributed by atoms with van der Waals surface area (Å²) in [6.07, 6.45) is 0.931. The lowest BCUT2D eigenvalue weighted by Gasteiger charge is -2.26. The third-order valence-electron chi connectivity index (χ3n) is 3.50. The summed E-state index contributed by atoms with van der Waals surface area (Å²) in [5.41, 5.74) is 1.47. The fourth-order valence-corrected chi connectivity index (χ4v) is 2.23. The number of aryl methyl sites for hydroxylation is 1. The van der Waals surface area contributed by atoms with Crippen LogP contribution in [0.4, 0.5) is 10.5 Å². The van der Waals surface area contributed by atoms with Crippen molar-refractivity contribution in [2.75, 3.05) is 12.4 Å². The molecule has 5 nitrogen and oxygen atoms in total. The van der Waals surface area contributed by atoms with Crippen LogP contribution in [0.2, 0.25) is 0 Å². The predicted molar refractivity (Wildman–Crippen MR) is 83.8 cm³/mol. The van der Waals surface area contributed by atoms with E-state index >= 15 is 0 Å². The standard InChI is InChI=1S/C16H24N2O3/c1-10(2)8-12(4)18(5)16(21)17-13-6-7-14(15(19)20)11(3)9-13/h6-7,9-10,12H,8H2,1-5H3,(H,17,21)(H,19,20). The van der Waals surface area contributed by atoms with Crippen LogP contribution >= 0.6 is 0 Å². The zero-order valence-corrected chi connectivity index (χ0v) is 13.3.